The van der Waals surface area contributed by atoms with Gasteiger partial charge in [-0.2, -0.15) is 57.1 Å². The number of halogens is 13. The first-order chi connectivity index (χ1) is 11.1. The molecular formula is C10H5F13O3. The summed E-state index contributed by atoms with van der Waals surface area (Å²) in [5, 5.41) is 0. The van der Waals surface area contributed by atoms with Crippen LogP contribution < -0.4 is 0 Å². The molecule has 0 aliphatic rings. The molecule has 0 saturated heterocycles. The zero-order valence-electron chi connectivity index (χ0n) is 11.8. The molecule has 26 heavy (non-hydrogen) atoms. The lowest BCUT2D eigenvalue weighted by molar-refractivity contribution is -0.435. The standard InChI is InChI=1S/C10H5F13O3/c1-2-26-4(25)3(24)5(11,12)6(13,14)7(15,16)8(17,18)9(19,20)10(21,22)23/h2H2,1H3. The van der Waals surface area contributed by atoms with Gasteiger partial charge in [-0.3, -0.25) is 4.79 Å². The fourth-order valence-electron chi connectivity index (χ4n) is 1.24. The van der Waals surface area contributed by atoms with E-state index < -0.39 is 54.1 Å². The highest BCUT2D eigenvalue weighted by Gasteiger charge is 2.91. The number of ketones is 1. The fourth-order valence-corrected chi connectivity index (χ4v) is 1.24. The lowest BCUT2D eigenvalue weighted by Gasteiger charge is -2.38. The lowest BCUT2D eigenvalue weighted by Crippen LogP contribution is -2.71. The van der Waals surface area contributed by atoms with E-state index in [1.807, 2.05) is 0 Å². The van der Waals surface area contributed by atoms with Crippen molar-refractivity contribution in [3.8, 4) is 0 Å². The van der Waals surface area contributed by atoms with Crippen LogP contribution in [0.3, 0.4) is 0 Å². The normalized spacial score (nSPS) is 15.0. The maximum Gasteiger partial charge on any atom is 0.460 e. The molecule has 0 heterocycles. The van der Waals surface area contributed by atoms with Gasteiger partial charge in [-0.1, -0.05) is 0 Å². The lowest BCUT2D eigenvalue weighted by atomic mass is 9.92. The van der Waals surface area contributed by atoms with Gasteiger partial charge in [0.25, 0.3) is 0 Å². The first-order valence-electron chi connectivity index (χ1n) is 5.81. The van der Waals surface area contributed by atoms with Gasteiger partial charge in [0, 0.05) is 0 Å². The Morgan fingerprint density at radius 1 is 0.654 bits per heavy atom. The molecule has 0 radical (unpaired) electrons. The second-order valence-corrected chi connectivity index (χ2v) is 4.42. The van der Waals surface area contributed by atoms with E-state index in [1.165, 1.54) is 0 Å². The Labute approximate surface area is 134 Å². The van der Waals surface area contributed by atoms with Gasteiger partial charge in [0.2, 0.25) is 0 Å². The maximum atomic E-state index is 13.1. The van der Waals surface area contributed by atoms with Gasteiger partial charge in [0.05, 0.1) is 6.61 Å². The van der Waals surface area contributed by atoms with Crippen molar-refractivity contribution < 1.29 is 71.4 Å². The van der Waals surface area contributed by atoms with Crippen LogP contribution in [0.4, 0.5) is 57.1 Å². The zero-order chi connectivity index (χ0) is 21.6. The van der Waals surface area contributed by atoms with Crippen molar-refractivity contribution >= 4 is 11.8 Å². The van der Waals surface area contributed by atoms with Crippen LogP contribution in [0.1, 0.15) is 6.92 Å². The van der Waals surface area contributed by atoms with Gasteiger partial charge in [0.1, 0.15) is 0 Å². The molecule has 0 aromatic heterocycles. The molecule has 0 aliphatic carbocycles. The quantitative estimate of drug-likeness (QED) is 0.357. The summed E-state index contributed by atoms with van der Waals surface area (Å²) in [4.78, 5) is 21.4. The van der Waals surface area contributed by atoms with E-state index in [4.69, 9.17) is 0 Å². The van der Waals surface area contributed by atoms with Gasteiger partial charge in [-0.25, -0.2) is 4.79 Å². The summed E-state index contributed by atoms with van der Waals surface area (Å²) in [5.41, 5.74) is 0. The van der Waals surface area contributed by atoms with Gasteiger partial charge in [0.15, 0.2) is 0 Å². The van der Waals surface area contributed by atoms with Crippen LogP contribution in [0.15, 0.2) is 0 Å². The second-order valence-electron chi connectivity index (χ2n) is 4.42. The number of hydrogen-bond donors (Lipinski definition) is 0. The molecule has 0 aromatic rings. The molecular weight excluding hydrogens is 415 g/mol. The van der Waals surface area contributed by atoms with E-state index in [0.29, 0.717) is 0 Å². The average Bonchev–Trinajstić information content (AvgIpc) is 2.44. The number of carbonyl (C=O) groups is 2. The summed E-state index contributed by atoms with van der Waals surface area (Å²) < 4.78 is 168. The molecule has 154 valence electrons. The summed E-state index contributed by atoms with van der Waals surface area (Å²) in [6.45, 7) is -0.168. The SMILES string of the molecule is CCOC(=O)C(=O)C(F)(F)C(F)(F)C(F)(F)C(F)(F)C(F)(F)C(F)(F)F. The number of alkyl halides is 13. The van der Waals surface area contributed by atoms with Crippen LogP contribution in [0.25, 0.3) is 0 Å². The molecule has 0 amide bonds. The predicted octanol–water partition coefficient (Wildman–Crippen LogP) is 3.86. The number of ether oxygens (including phenoxy) is 1. The number of carbonyl (C=O) groups excluding carboxylic acids is 2. The Morgan fingerprint density at radius 2 is 1.00 bits per heavy atom. The molecule has 0 unspecified atom stereocenters. The minimum absolute atomic E-state index is 0.800. The van der Waals surface area contributed by atoms with E-state index in [9.17, 15) is 66.7 Å². The van der Waals surface area contributed by atoms with Crippen molar-refractivity contribution in [2.24, 2.45) is 0 Å². The van der Waals surface area contributed by atoms with E-state index >= 15 is 0 Å². The van der Waals surface area contributed by atoms with Crippen LogP contribution >= 0.6 is 0 Å². The first kappa shape index (κ1) is 24.2. The van der Waals surface area contributed by atoms with Crippen LogP contribution in [-0.2, 0) is 14.3 Å². The smallest absolute Gasteiger partial charge is 0.460 e. The van der Waals surface area contributed by atoms with Crippen molar-refractivity contribution in [1.29, 1.82) is 0 Å². The molecule has 16 heteroatoms. The summed E-state index contributed by atoms with van der Waals surface area (Å²) in [6, 6.07) is 0. The third kappa shape index (κ3) is 3.17. The summed E-state index contributed by atoms with van der Waals surface area (Å²) >= 11 is 0. The zero-order valence-corrected chi connectivity index (χ0v) is 11.8. The molecule has 0 aliphatic heterocycles. The summed E-state index contributed by atoms with van der Waals surface area (Å²) in [7, 11) is 0. The molecule has 0 saturated carbocycles. The van der Waals surface area contributed by atoms with Crippen LogP contribution in [-0.4, -0.2) is 54.1 Å². The minimum Gasteiger partial charge on any atom is -0.460 e. The Kier molecular flexibility index (Phi) is 6.00. The Balaban J connectivity index is 6.33. The highest BCUT2D eigenvalue weighted by molar-refractivity contribution is 6.36. The third-order valence-corrected chi connectivity index (χ3v) is 2.68. The highest BCUT2D eigenvalue weighted by atomic mass is 19.4. The molecule has 3 nitrogen and oxygen atoms in total. The van der Waals surface area contributed by atoms with E-state index in [-0.39, 0.29) is 0 Å². The van der Waals surface area contributed by atoms with Crippen LogP contribution in [0, 0.1) is 0 Å². The van der Waals surface area contributed by atoms with Crippen molar-refractivity contribution in [3.05, 3.63) is 0 Å². The predicted molar refractivity (Wildman–Crippen MR) is 52.4 cm³/mol. The summed E-state index contributed by atoms with van der Waals surface area (Å²) in [6.07, 6.45) is -7.56. The van der Waals surface area contributed by atoms with Crippen molar-refractivity contribution in [2.45, 2.75) is 42.7 Å². The second kappa shape index (κ2) is 6.44. The van der Waals surface area contributed by atoms with Gasteiger partial charge < -0.3 is 4.74 Å². The Bertz CT molecular complexity index is 563. The minimum atomic E-state index is -8.14. The molecule has 0 aromatic carbocycles. The maximum absolute atomic E-state index is 13.1. The molecule has 0 atom stereocenters. The third-order valence-electron chi connectivity index (χ3n) is 2.68. The topological polar surface area (TPSA) is 43.4 Å². The Hall–Kier alpha value is -1.77. The monoisotopic (exact) mass is 420 g/mol. The average molecular weight is 420 g/mol. The first-order valence-corrected chi connectivity index (χ1v) is 5.81. The molecule has 0 spiro atoms. The van der Waals surface area contributed by atoms with Crippen molar-refractivity contribution in [3.63, 3.8) is 0 Å². The summed E-state index contributed by atoms with van der Waals surface area (Å²) in [5.74, 6) is -46.0. The fraction of sp³-hybridized carbons (Fsp3) is 0.800. The number of rotatable bonds is 7. The van der Waals surface area contributed by atoms with Crippen molar-refractivity contribution in [1.82, 2.24) is 0 Å². The molecule has 0 rings (SSSR count). The van der Waals surface area contributed by atoms with Gasteiger partial charge in [-0.05, 0) is 6.92 Å². The molecule has 0 N–H and O–H groups in total. The van der Waals surface area contributed by atoms with Crippen molar-refractivity contribution in [2.75, 3.05) is 6.61 Å². The Morgan fingerprint density at radius 3 is 1.31 bits per heavy atom. The molecule has 0 bridgehead atoms. The largest absolute Gasteiger partial charge is 0.460 e. The van der Waals surface area contributed by atoms with Gasteiger partial charge >= 0.3 is 47.5 Å². The number of esters is 1. The van der Waals surface area contributed by atoms with Crippen LogP contribution in [0.5, 0.6) is 0 Å². The van der Waals surface area contributed by atoms with E-state index in [2.05, 4.69) is 4.74 Å². The number of hydrogen-bond acceptors (Lipinski definition) is 3. The number of Topliss-reactive ketones (excluding diaryl/α,β-unsaturated/α-hetero) is 1. The van der Waals surface area contributed by atoms with Crippen LogP contribution in [0.2, 0.25) is 0 Å². The highest BCUT2D eigenvalue weighted by Crippen LogP contribution is 2.60. The van der Waals surface area contributed by atoms with Gasteiger partial charge in [-0.15, -0.1) is 0 Å². The van der Waals surface area contributed by atoms with E-state index in [0.717, 1.165) is 6.92 Å². The van der Waals surface area contributed by atoms with E-state index in [1.54, 1.807) is 0 Å². The molecule has 0 fully saturated rings.